The van der Waals surface area contributed by atoms with E-state index in [0.717, 1.165) is 51.4 Å². The Morgan fingerprint density at radius 1 is 0.724 bits per heavy atom. The van der Waals surface area contributed by atoms with E-state index in [0.29, 0.717) is 0 Å². The van der Waals surface area contributed by atoms with E-state index in [9.17, 15) is 9.46 Å². The average molecular weight is 438 g/mol. The summed E-state index contributed by atoms with van der Waals surface area (Å²) in [6.45, 7) is 0.683. The second-order valence-electron chi connectivity index (χ2n) is 8.02. The smallest absolute Gasteiger partial charge is 0.382 e. The molecular weight excluding hydrogens is 399 g/mol. The third-order valence-electron chi connectivity index (χ3n) is 5.41. The molecule has 1 N–H and O–H groups in total. The Balaban J connectivity index is 1.80. The molecule has 2 aliphatic carbocycles. The highest BCUT2D eigenvalue weighted by Gasteiger charge is 2.32. The van der Waals surface area contributed by atoms with Gasteiger partial charge in [-0.2, -0.15) is 0 Å². The molecule has 9 heteroatoms. The molecule has 0 spiro atoms. The van der Waals surface area contributed by atoms with Gasteiger partial charge >= 0.3 is 7.82 Å². The van der Waals surface area contributed by atoms with Crippen molar-refractivity contribution in [2.75, 3.05) is 40.6 Å². The van der Waals surface area contributed by atoms with Gasteiger partial charge in [0.15, 0.2) is 0 Å². The molecule has 2 rings (SSSR count). The van der Waals surface area contributed by atoms with Crippen molar-refractivity contribution in [2.45, 2.75) is 88.6 Å². The predicted octanol–water partition coefficient (Wildman–Crippen LogP) is 3.85. The molecule has 2 unspecified atom stereocenters. The van der Waals surface area contributed by atoms with Crippen molar-refractivity contribution in [2.24, 2.45) is 0 Å². The highest BCUT2D eigenvalue weighted by Crippen LogP contribution is 2.46. The summed E-state index contributed by atoms with van der Waals surface area (Å²) in [5, 5.41) is 0. The van der Waals surface area contributed by atoms with E-state index in [2.05, 4.69) is 0 Å². The topological polar surface area (TPSA) is 92.7 Å². The van der Waals surface area contributed by atoms with Crippen LogP contribution in [0.2, 0.25) is 0 Å². The molecule has 29 heavy (non-hydrogen) atoms. The molecule has 0 saturated heterocycles. The lowest BCUT2D eigenvalue weighted by Gasteiger charge is -2.28. The molecule has 0 aromatic rings. The number of phosphoric acid groups is 1. The Bertz CT molecular complexity index is 427. The van der Waals surface area contributed by atoms with Crippen molar-refractivity contribution in [3.63, 3.8) is 0 Å². The van der Waals surface area contributed by atoms with Crippen molar-refractivity contribution in [1.82, 2.24) is 0 Å². The molecule has 2 aliphatic rings. The van der Waals surface area contributed by atoms with Gasteiger partial charge in [-0.15, -0.1) is 0 Å². The summed E-state index contributed by atoms with van der Waals surface area (Å²) in [6, 6.07) is 0. The van der Waals surface area contributed by atoms with E-state index >= 15 is 0 Å². The van der Waals surface area contributed by atoms with Crippen molar-refractivity contribution < 1.29 is 37.5 Å². The Morgan fingerprint density at radius 2 is 1.10 bits per heavy atom. The number of methoxy groups -OCH3 is 2. The van der Waals surface area contributed by atoms with Gasteiger partial charge in [-0.3, -0.25) is 9.05 Å². The van der Waals surface area contributed by atoms with Crippen LogP contribution in [0.4, 0.5) is 0 Å². The molecule has 172 valence electrons. The molecule has 2 saturated carbocycles. The molecule has 2 atom stereocenters. The number of phosphoric ester groups is 1. The molecule has 0 aromatic carbocycles. The van der Waals surface area contributed by atoms with Gasteiger partial charge in [0, 0.05) is 14.2 Å². The molecule has 0 heterocycles. The van der Waals surface area contributed by atoms with E-state index in [4.69, 9.17) is 28.0 Å². The van der Waals surface area contributed by atoms with Crippen LogP contribution in [-0.2, 0) is 32.6 Å². The summed E-state index contributed by atoms with van der Waals surface area (Å²) in [5.41, 5.74) is 0. The SMILES string of the molecule is COCC(COC1CCCCC1)OP(=O)(O)OC(COC)COC1CCCCC1. The maximum atomic E-state index is 12.6. The van der Waals surface area contributed by atoms with Crippen molar-refractivity contribution in [3.05, 3.63) is 0 Å². The molecule has 0 aromatic heterocycles. The zero-order valence-corrected chi connectivity index (χ0v) is 18.9. The van der Waals surface area contributed by atoms with Crippen LogP contribution in [0.3, 0.4) is 0 Å². The first kappa shape index (κ1) is 25.2. The Hall–Kier alpha value is -0.0500. The zero-order chi connectivity index (χ0) is 21.0. The lowest BCUT2D eigenvalue weighted by atomic mass is 9.98. The predicted molar refractivity (Wildman–Crippen MR) is 109 cm³/mol. The number of rotatable bonds is 14. The standard InChI is InChI=1S/C20H39O8P/c1-23-13-19(15-25-17-9-5-3-6-10-17)27-29(21,22)28-20(14-24-2)16-26-18-11-7-4-8-12-18/h17-20H,3-16H2,1-2H3,(H,21,22). The van der Waals surface area contributed by atoms with E-state index < -0.39 is 20.0 Å². The first-order valence-electron chi connectivity index (χ1n) is 10.9. The van der Waals surface area contributed by atoms with Crippen LogP contribution in [0.25, 0.3) is 0 Å². The molecule has 2 fully saturated rings. The average Bonchev–Trinajstić information content (AvgIpc) is 2.72. The molecule has 8 nitrogen and oxygen atoms in total. The second-order valence-corrected chi connectivity index (χ2v) is 9.38. The first-order chi connectivity index (χ1) is 14.0. The Kier molecular flexibility index (Phi) is 12.3. The molecule has 0 amide bonds. The number of hydrogen-bond donors (Lipinski definition) is 1. The lowest BCUT2D eigenvalue weighted by molar-refractivity contribution is -0.0680. The fourth-order valence-corrected chi connectivity index (χ4v) is 4.99. The second kappa shape index (κ2) is 14.1. The third-order valence-corrected chi connectivity index (χ3v) is 6.54. The van der Waals surface area contributed by atoms with Crippen LogP contribution < -0.4 is 0 Å². The number of ether oxygens (including phenoxy) is 4. The van der Waals surface area contributed by atoms with Gasteiger partial charge < -0.3 is 23.8 Å². The van der Waals surface area contributed by atoms with Crippen LogP contribution in [0.1, 0.15) is 64.2 Å². The zero-order valence-electron chi connectivity index (χ0n) is 18.0. The van der Waals surface area contributed by atoms with Gasteiger partial charge in [-0.25, -0.2) is 4.57 Å². The minimum Gasteiger partial charge on any atom is -0.382 e. The molecule has 0 aliphatic heterocycles. The van der Waals surface area contributed by atoms with Gasteiger partial charge in [-0.05, 0) is 25.7 Å². The highest BCUT2D eigenvalue weighted by molar-refractivity contribution is 7.47. The fraction of sp³-hybridized carbons (Fsp3) is 1.00. The Morgan fingerprint density at radius 3 is 1.45 bits per heavy atom. The minimum atomic E-state index is -4.32. The quantitative estimate of drug-likeness (QED) is 0.409. The number of hydrogen-bond acceptors (Lipinski definition) is 7. The third kappa shape index (κ3) is 10.7. The molecule has 0 radical (unpaired) electrons. The van der Waals surface area contributed by atoms with Gasteiger partial charge in [-0.1, -0.05) is 38.5 Å². The van der Waals surface area contributed by atoms with E-state index in [1.54, 1.807) is 0 Å². The van der Waals surface area contributed by atoms with Crippen molar-refractivity contribution >= 4 is 7.82 Å². The van der Waals surface area contributed by atoms with E-state index in [1.165, 1.54) is 27.1 Å². The summed E-state index contributed by atoms with van der Waals surface area (Å²) < 4.78 is 45.3. The van der Waals surface area contributed by atoms with Crippen LogP contribution in [0.15, 0.2) is 0 Å². The van der Waals surface area contributed by atoms with E-state index in [1.807, 2.05) is 0 Å². The van der Waals surface area contributed by atoms with E-state index in [-0.39, 0.29) is 38.6 Å². The van der Waals surface area contributed by atoms with Crippen molar-refractivity contribution in [3.8, 4) is 0 Å². The summed E-state index contributed by atoms with van der Waals surface area (Å²) in [6.07, 6.45) is 10.1. The van der Waals surface area contributed by atoms with Crippen LogP contribution >= 0.6 is 7.82 Å². The Labute approximate surface area is 175 Å². The van der Waals surface area contributed by atoms with Crippen molar-refractivity contribution in [1.29, 1.82) is 0 Å². The van der Waals surface area contributed by atoms with Gasteiger partial charge in [0.1, 0.15) is 12.2 Å². The summed E-state index contributed by atoms with van der Waals surface area (Å²) in [5.74, 6) is 0. The first-order valence-corrected chi connectivity index (χ1v) is 12.4. The minimum absolute atomic E-state index is 0.147. The van der Waals surface area contributed by atoms with Gasteiger partial charge in [0.05, 0.1) is 38.6 Å². The van der Waals surface area contributed by atoms with Crippen LogP contribution in [0.5, 0.6) is 0 Å². The fourth-order valence-electron chi connectivity index (χ4n) is 3.94. The maximum Gasteiger partial charge on any atom is 0.473 e. The van der Waals surface area contributed by atoms with Gasteiger partial charge in [0.2, 0.25) is 0 Å². The monoisotopic (exact) mass is 438 g/mol. The van der Waals surface area contributed by atoms with Gasteiger partial charge in [0.25, 0.3) is 0 Å². The van der Waals surface area contributed by atoms with Crippen LogP contribution in [0, 0.1) is 0 Å². The molecule has 0 bridgehead atoms. The normalized spacial score (nSPS) is 23.6. The maximum absolute atomic E-state index is 12.6. The molecular formula is C20H39O8P. The summed E-state index contributed by atoms with van der Waals surface area (Å²) in [7, 11) is -1.28. The lowest BCUT2D eigenvalue weighted by Crippen LogP contribution is -2.31. The highest BCUT2D eigenvalue weighted by atomic mass is 31.2. The summed E-state index contributed by atoms with van der Waals surface area (Å²) >= 11 is 0. The van der Waals surface area contributed by atoms with Crippen LogP contribution in [-0.4, -0.2) is 70.0 Å². The summed E-state index contributed by atoms with van der Waals surface area (Å²) in [4.78, 5) is 10.3. The largest absolute Gasteiger partial charge is 0.473 e.